The molecule has 2 nitrogen and oxygen atoms in total. The van der Waals surface area contributed by atoms with Gasteiger partial charge in [0.25, 0.3) is 0 Å². The average molecular weight is 178 g/mol. The van der Waals surface area contributed by atoms with Crippen molar-refractivity contribution < 1.29 is 0 Å². The van der Waals surface area contributed by atoms with Gasteiger partial charge in [0.2, 0.25) is 0 Å². The van der Waals surface area contributed by atoms with Crippen LogP contribution < -0.4 is 5.32 Å². The summed E-state index contributed by atoms with van der Waals surface area (Å²) in [7, 11) is 0. The summed E-state index contributed by atoms with van der Waals surface area (Å²) in [5, 5.41) is 3.51. The quantitative estimate of drug-likeness (QED) is 0.766. The Morgan fingerprint density at radius 2 is 2.23 bits per heavy atom. The Labute approximate surface area is 80.4 Å². The molecule has 2 heteroatoms. The second-order valence-corrected chi connectivity index (χ2v) is 3.48. The van der Waals surface area contributed by atoms with Gasteiger partial charge in [-0.25, -0.2) is 0 Å². The maximum atomic E-state index is 4.10. The SMILES string of the molecule is CC[C@H](C)N[C@@H](C)c1cccnc1. The standard InChI is InChI=1S/C11H18N2/c1-4-9(2)13-10(3)11-6-5-7-12-8-11/h5-10,13H,4H2,1-3H3/t9-,10-/m0/s1. The molecule has 0 saturated heterocycles. The van der Waals surface area contributed by atoms with Crippen LogP contribution in [-0.4, -0.2) is 11.0 Å². The van der Waals surface area contributed by atoms with Gasteiger partial charge in [-0.15, -0.1) is 0 Å². The van der Waals surface area contributed by atoms with Crippen molar-refractivity contribution in [1.82, 2.24) is 10.3 Å². The number of nitrogens with one attached hydrogen (secondary N) is 1. The van der Waals surface area contributed by atoms with Crippen molar-refractivity contribution in [2.24, 2.45) is 0 Å². The Kier molecular flexibility index (Phi) is 3.90. The summed E-state index contributed by atoms with van der Waals surface area (Å²) >= 11 is 0. The van der Waals surface area contributed by atoms with E-state index in [0.717, 1.165) is 6.42 Å². The summed E-state index contributed by atoms with van der Waals surface area (Å²) in [6.07, 6.45) is 4.88. The van der Waals surface area contributed by atoms with Gasteiger partial charge in [0, 0.05) is 24.5 Å². The predicted octanol–water partition coefficient (Wildman–Crippen LogP) is 2.53. The van der Waals surface area contributed by atoms with Gasteiger partial charge in [0.15, 0.2) is 0 Å². The van der Waals surface area contributed by atoms with Crippen LogP contribution in [0.15, 0.2) is 24.5 Å². The van der Waals surface area contributed by atoms with E-state index in [-0.39, 0.29) is 0 Å². The van der Waals surface area contributed by atoms with Crippen LogP contribution in [0.4, 0.5) is 0 Å². The Bertz CT molecular complexity index is 233. The molecular weight excluding hydrogens is 160 g/mol. The fourth-order valence-corrected chi connectivity index (χ4v) is 1.27. The summed E-state index contributed by atoms with van der Waals surface area (Å²) in [5.74, 6) is 0. The summed E-state index contributed by atoms with van der Waals surface area (Å²) in [4.78, 5) is 4.10. The van der Waals surface area contributed by atoms with Crippen molar-refractivity contribution in [3.8, 4) is 0 Å². The van der Waals surface area contributed by atoms with E-state index >= 15 is 0 Å². The molecule has 0 radical (unpaired) electrons. The molecule has 0 aliphatic carbocycles. The molecule has 0 bridgehead atoms. The zero-order chi connectivity index (χ0) is 9.68. The van der Waals surface area contributed by atoms with E-state index in [1.54, 1.807) is 6.20 Å². The zero-order valence-electron chi connectivity index (χ0n) is 8.62. The second kappa shape index (κ2) is 4.97. The van der Waals surface area contributed by atoms with Crippen LogP contribution in [0, 0.1) is 0 Å². The van der Waals surface area contributed by atoms with Crippen molar-refractivity contribution in [1.29, 1.82) is 0 Å². The first-order chi connectivity index (χ1) is 6.24. The molecule has 13 heavy (non-hydrogen) atoms. The fraction of sp³-hybridized carbons (Fsp3) is 0.545. The van der Waals surface area contributed by atoms with Crippen LogP contribution in [0.2, 0.25) is 0 Å². The third kappa shape index (κ3) is 3.15. The van der Waals surface area contributed by atoms with Crippen LogP contribution >= 0.6 is 0 Å². The molecule has 0 unspecified atom stereocenters. The molecule has 0 spiro atoms. The lowest BCUT2D eigenvalue weighted by molar-refractivity contribution is 0.468. The van der Waals surface area contributed by atoms with E-state index in [1.165, 1.54) is 5.56 Å². The molecule has 1 aromatic heterocycles. The van der Waals surface area contributed by atoms with E-state index in [9.17, 15) is 0 Å². The smallest absolute Gasteiger partial charge is 0.0315 e. The van der Waals surface area contributed by atoms with Crippen LogP contribution in [0.3, 0.4) is 0 Å². The largest absolute Gasteiger partial charge is 0.308 e. The van der Waals surface area contributed by atoms with Gasteiger partial charge in [-0.3, -0.25) is 4.98 Å². The van der Waals surface area contributed by atoms with E-state index in [1.807, 2.05) is 12.3 Å². The summed E-state index contributed by atoms with van der Waals surface area (Å²) in [6.45, 7) is 6.56. The van der Waals surface area contributed by atoms with E-state index in [2.05, 4.69) is 37.1 Å². The maximum Gasteiger partial charge on any atom is 0.0315 e. The van der Waals surface area contributed by atoms with Gasteiger partial charge in [0.05, 0.1) is 0 Å². The van der Waals surface area contributed by atoms with Gasteiger partial charge < -0.3 is 5.32 Å². The highest BCUT2D eigenvalue weighted by atomic mass is 14.9. The number of hydrogen-bond acceptors (Lipinski definition) is 2. The molecule has 1 rings (SSSR count). The molecule has 0 amide bonds. The Balaban J connectivity index is 2.53. The highest BCUT2D eigenvalue weighted by Gasteiger charge is 2.06. The second-order valence-electron chi connectivity index (χ2n) is 3.48. The van der Waals surface area contributed by atoms with Crippen molar-refractivity contribution >= 4 is 0 Å². The lowest BCUT2D eigenvalue weighted by Gasteiger charge is -2.18. The molecule has 0 aliphatic heterocycles. The summed E-state index contributed by atoms with van der Waals surface area (Å²) in [6, 6.07) is 5.04. The molecule has 0 fully saturated rings. The first-order valence-electron chi connectivity index (χ1n) is 4.90. The van der Waals surface area contributed by atoms with E-state index < -0.39 is 0 Å². The Morgan fingerprint density at radius 1 is 1.46 bits per heavy atom. The molecular formula is C11H18N2. The Morgan fingerprint density at radius 3 is 2.77 bits per heavy atom. The minimum atomic E-state index is 0.392. The van der Waals surface area contributed by atoms with Gasteiger partial charge in [-0.1, -0.05) is 13.0 Å². The third-order valence-electron chi connectivity index (χ3n) is 2.33. The average Bonchev–Trinajstić information content (AvgIpc) is 2.19. The van der Waals surface area contributed by atoms with Crippen molar-refractivity contribution in [3.05, 3.63) is 30.1 Å². The molecule has 0 aromatic carbocycles. The van der Waals surface area contributed by atoms with Crippen LogP contribution in [0.1, 0.15) is 38.8 Å². The molecule has 2 atom stereocenters. The van der Waals surface area contributed by atoms with Crippen LogP contribution in [-0.2, 0) is 0 Å². The molecule has 0 aliphatic rings. The first kappa shape index (κ1) is 10.2. The topological polar surface area (TPSA) is 24.9 Å². The fourth-order valence-electron chi connectivity index (χ4n) is 1.27. The number of nitrogens with zero attached hydrogens (tertiary/aromatic N) is 1. The normalized spacial score (nSPS) is 15.3. The molecule has 1 aromatic rings. The minimum Gasteiger partial charge on any atom is -0.308 e. The number of pyridine rings is 1. The van der Waals surface area contributed by atoms with Crippen LogP contribution in [0.5, 0.6) is 0 Å². The van der Waals surface area contributed by atoms with Gasteiger partial charge >= 0.3 is 0 Å². The van der Waals surface area contributed by atoms with Gasteiger partial charge in [-0.2, -0.15) is 0 Å². The number of aromatic nitrogens is 1. The highest BCUT2D eigenvalue weighted by molar-refractivity contribution is 5.12. The molecule has 1 N–H and O–H groups in total. The summed E-state index contributed by atoms with van der Waals surface area (Å²) in [5.41, 5.74) is 1.25. The highest BCUT2D eigenvalue weighted by Crippen LogP contribution is 2.11. The lowest BCUT2D eigenvalue weighted by Crippen LogP contribution is -2.28. The van der Waals surface area contributed by atoms with E-state index in [0.29, 0.717) is 12.1 Å². The van der Waals surface area contributed by atoms with Crippen molar-refractivity contribution in [2.75, 3.05) is 0 Å². The maximum absolute atomic E-state index is 4.10. The summed E-state index contributed by atoms with van der Waals surface area (Å²) < 4.78 is 0. The lowest BCUT2D eigenvalue weighted by atomic mass is 10.1. The first-order valence-corrected chi connectivity index (χ1v) is 4.90. The van der Waals surface area contributed by atoms with E-state index in [4.69, 9.17) is 0 Å². The number of rotatable bonds is 4. The van der Waals surface area contributed by atoms with Crippen molar-refractivity contribution in [2.45, 2.75) is 39.3 Å². The van der Waals surface area contributed by atoms with Crippen LogP contribution in [0.25, 0.3) is 0 Å². The molecule has 1 heterocycles. The molecule has 72 valence electrons. The van der Waals surface area contributed by atoms with Crippen molar-refractivity contribution in [3.63, 3.8) is 0 Å². The predicted molar refractivity (Wildman–Crippen MR) is 55.5 cm³/mol. The zero-order valence-corrected chi connectivity index (χ0v) is 8.62. The number of hydrogen-bond donors (Lipinski definition) is 1. The molecule has 0 saturated carbocycles. The minimum absolute atomic E-state index is 0.392. The van der Waals surface area contributed by atoms with Gasteiger partial charge in [0.1, 0.15) is 0 Å². The van der Waals surface area contributed by atoms with Gasteiger partial charge in [-0.05, 0) is 31.9 Å². The Hall–Kier alpha value is -0.890. The third-order valence-corrected chi connectivity index (χ3v) is 2.33. The monoisotopic (exact) mass is 178 g/mol.